The normalized spacial score (nSPS) is 18.4. The molecule has 27 heavy (non-hydrogen) atoms. The number of benzene rings is 1. The highest BCUT2D eigenvalue weighted by Gasteiger charge is 2.38. The highest BCUT2D eigenvalue weighted by atomic mass is 16.5. The summed E-state index contributed by atoms with van der Waals surface area (Å²) in [6.07, 6.45) is 2.27. The van der Waals surface area contributed by atoms with Crippen LogP contribution in [-0.2, 0) is 27.3 Å². The Balaban J connectivity index is 1.18. The molecule has 0 unspecified atom stereocenters. The zero-order valence-electron chi connectivity index (χ0n) is 15.4. The lowest BCUT2D eigenvalue weighted by Gasteiger charge is -2.39. The molecule has 2 fully saturated rings. The van der Waals surface area contributed by atoms with Crippen LogP contribution in [0.2, 0.25) is 0 Å². The number of amides is 1. The molecule has 0 aliphatic carbocycles. The van der Waals surface area contributed by atoms with Crippen LogP contribution in [0.4, 0.5) is 0 Å². The first-order valence-electron chi connectivity index (χ1n) is 9.60. The Morgan fingerprint density at radius 1 is 1.19 bits per heavy atom. The van der Waals surface area contributed by atoms with E-state index < -0.39 is 0 Å². The predicted octanol–water partition coefficient (Wildman–Crippen LogP) is 2.18. The van der Waals surface area contributed by atoms with E-state index in [1.807, 2.05) is 35.2 Å². The van der Waals surface area contributed by atoms with Gasteiger partial charge < -0.3 is 18.9 Å². The van der Waals surface area contributed by atoms with Gasteiger partial charge in [0.15, 0.2) is 5.82 Å². The van der Waals surface area contributed by atoms with Gasteiger partial charge in [-0.3, -0.25) is 4.79 Å². The number of carbonyl (C=O) groups excluding carboxylic acids is 1. The number of nitrogens with zero attached hydrogens (tertiary/aromatic N) is 3. The number of rotatable bonds is 7. The van der Waals surface area contributed by atoms with Crippen molar-refractivity contribution in [1.82, 2.24) is 15.0 Å². The molecule has 4 rings (SSSR count). The molecule has 0 spiro atoms. The smallest absolute Gasteiger partial charge is 0.233 e. The van der Waals surface area contributed by atoms with Crippen molar-refractivity contribution in [1.29, 1.82) is 0 Å². The Morgan fingerprint density at radius 2 is 1.96 bits per heavy atom. The maximum Gasteiger partial charge on any atom is 0.233 e. The molecule has 1 aromatic carbocycles. The van der Waals surface area contributed by atoms with Crippen LogP contribution >= 0.6 is 0 Å². The standard InChI is InChI=1S/C20H25N3O4/c24-20(16-6-9-25-10-7-16)23-12-17(13-23)19-21-18(22-27-19)8-11-26-14-15-4-2-1-3-5-15/h1-5,16-17H,6-14H2. The Morgan fingerprint density at radius 3 is 2.74 bits per heavy atom. The molecule has 2 aliphatic heterocycles. The first-order chi connectivity index (χ1) is 13.3. The number of aromatic nitrogens is 2. The molecule has 0 radical (unpaired) electrons. The number of hydrogen-bond donors (Lipinski definition) is 0. The van der Waals surface area contributed by atoms with Gasteiger partial charge in [-0.25, -0.2) is 0 Å². The largest absolute Gasteiger partial charge is 0.381 e. The molecule has 1 aromatic heterocycles. The van der Waals surface area contributed by atoms with Crippen LogP contribution in [0.3, 0.4) is 0 Å². The van der Waals surface area contributed by atoms with Gasteiger partial charge in [-0.15, -0.1) is 0 Å². The van der Waals surface area contributed by atoms with Crippen LogP contribution in [0.1, 0.15) is 36.0 Å². The molecule has 0 bridgehead atoms. The van der Waals surface area contributed by atoms with E-state index in [-0.39, 0.29) is 17.7 Å². The molecule has 1 amide bonds. The highest BCUT2D eigenvalue weighted by Crippen LogP contribution is 2.29. The van der Waals surface area contributed by atoms with Crippen molar-refractivity contribution in [3.05, 3.63) is 47.6 Å². The van der Waals surface area contributed by atoms with Gasteiger partial charge >= 0.3 is 0 Å². The molecule has 3 heterocycles. The van der Waals surface area contributed by atoms with Gasteiger partial charge in [-0.2, -0.15) is 4.98 Å². The van der Waals surface area contributed by atoms with Crippen LogP contribution in [0.5, 0.6) is 0 Å². The number of ether oxygens (including phenoxy) is 2. The minimum absolute atomic E-state index is 0.111. The third-order valence-electron chi connectivity index (χ3n) is 5.18. The zero-order chi connectivity index (χ0) is 18.5. The summed E-state index contributed by atoms with van der Waals surface area (Å²) in [5, 5.41) is 4.04. The van der Waals surface area contributed by atoms with Gasteiger partial charge in [-0.1, -0.05) is 35.5 Å². The summed E-state index contributed by atoms with van der Waals surface area (Å²) in [7, 11) is 0. The van der Waals surface area contributed by atoms with Crippen LogP contribution in [0.25, 0.3) is 0 Å². The highest BCUT2D eigenvalue weighted by molar-refractivity contribution is 5.80. The van der Waals surface area contributed by atoms with Gasteiger partial charge in [0, 0.05) is 38.6 Å². The van der Waals surface area contributed by atoms with Gasteiger partial charge in [0.1, 0.15) is 0 Å². The number of hydrogen-bond acceptors (Lipinski definition) is 6. The lowest BCUT2D eigenvalue weighted by atomic mass is 9.93. The molecular weight excluding hydrogens is 346 g/mol. The fourth-order valence-electron chi connectivity index (χ4n) is 3.48. The van der Waals surface area contributed by atoms with Gasteiger partial charge in [0.05, 0.1) is 19.1 Å². The van der Waals surface area contributed by atoms with Crippen LogP contribution in [-0.4, -0.2) is 53.9 Å². The van der Waals surface area contributed by atoms with Crippen molar-refractivity contribution in [3.8, 4) is 0 Å². The molecular formula is C20H25N3O4. The number of carbonyl (C=O) groups is 1. The maximum atomic E-state index is 12.4. The molecule has 0 N–H and O–H groups in total. The van der Waals surface area contributed by atoms with Gasteiger partial charge in [0.25, 0.3) is 0 Å². The van der Waals surface area contributed by atoms with E-state index in [9.17, 15) is 4.79 Å². The summed E-state index contributed by atoms with van der Waals surface area (Å²) in [5.41, 5.74) is 1.15. The van der Waals surface area contributed by atoms with Gasteiger partial charge in [-0.05, 0) is 18.4 Å². The second kappa shape index (κ2) is 8.63. The Kier molecular flexibility index (Phi) is 5.79. The first-order valence-corrected chi connectivity index (χ1v) is 9.60. The third-order valence-corrected chi connectivity index (χ3v) is 5.18. The van der Waals surface area contributed by atoms with E-state index >= 15 is 0 Å². The van der Waals surface area contributed by atoms with Crippen molar-refractivity contribution in [3.63, 3.8) is 0 Å². The van der Waals surface area contributed by atoms with Crippen molar-refractivity contribution >= 4 is 5.91 Å². The minimum Gasteiger partial charge on any atom is -0.381 e. The Hall–Kier alpha value is -2.25. The van der Waals surface area contributed by atoms with Crippen molar-refractivity contribution < 1.29 is 18.8 Å². The topological polar surface area (TPSA) is 77.7 Å². The summed E-state index contributed by atoms with van der Waals surface area (Å²) in [4.78, 5) is 18.8. The molecule has 0 atom stereocenters. The summed E-state index contributed by atoms with van der Waals surface area (Å²) in [5.74, 6) is 1.79. The lowest BCUT2D eigenvalue weighted by molar-refractivity contribution is -0.143. The Labute approximate surface area is 158 Å². The summed E-state index contributed by atoms with van der Waals surface area (Å²) in [6, 6.07) is 10.1. The Bertz CT molecular complexity index is 737. The van der Waals surface area contributed by atoms with Crippen molar-refractivity contribution in [2.45, 2.75) is 31.8 Å². The van der Waals surface area contributed by atoms with Crippen LogP contribution in [0.15, 0.2) is 34.9 Å². The van der Waals surface area contributed by atoms with Crippen molar-refractivity contribution in [2.24, 2.45) is 5.92 Å². The van der Waals surface area contributed by atoms with Crippen molar-refractivity contribution in [2.75, 3.05) is 32.9 Å². The third kappa shape index (κ3) is 4.54. The summed E-state index contributed by atoms with van der Waals surface area (Å²) < 4.78 is 16.4. The maximum absolute atomic E-state index is 12.4. The molecule has 7 nitrogen and oxygen atoms in total. The van der Waals surface area contributed by atoms with E-state index in [1.165, 1.54) is 0 Å². The van der Waals surface area contributed by atoms with E-state index in [2.05, 4.69) is 10.1 Å². The molecule has 2 aromatic rings. The lowest BCUT2D eigenvalue weighted by Crippen LogP contribution is -2.51. The van der Waals surface area contributed by atoms with E-state index in [1.54, 1.807) is 0 Å². The minimum atomic E-state index is 0.111. The van der Waals surface area contributed by atoms with Crippen LogP contribution in [0, 0.1) is 5.92 Å². The molecule has 144 valence electrons. The molecule has 7 heteroatoms. The monoisotopic (exact) mass is 371 g/mol. The summed E-state index contributed by atoms with van der Waals surface area (Å²) in [6.45, 7) is 3.84. The number of likely N-dealkylation sites (tertiary alicyclic amines) is 1. The van der Waals surface area contributed by atoms with E-state index in [4.69, 9.17) is 14.0 Å². The average molecular weight is 371 g/mol. The SMILES string of the molecule is O=C(C1CCOCC1)N1CC(c2nc(CCOCc3ccccc3)no2)C1. The fourth-order valence-corrected chi connectivity index (χ4v) is 3.48. The zero-order valence-corrected chi connectivity index (χ0v) is 15.4. The molecule has 0 saturated carbocycles. The first kappa shape index (κ1) is 18.1. The quantitative estimate of drug-likeness (QED) is 0.694. The predicted molar refractivity (Wildman–Crippen MR) is 97.0 cm³/mol. The van der Waals surface area contributed by atoms with E-state index in [0.29, 0.717) is 57.7 Å². The summed E-state index contributed by atoms with van der Waals surface area (Å²) >= 11 is 0. The molecule has 2 aliphatic rings. The van der Waals surface area contributed by atoms with E-state index in [0.717, 1.165) is 18.4 Å². The average Bonchev–Trinajstić information content (AvgIpc) is 3.14. The fraction of sp³-hybridized carbons (Fsp3) is 0.550. The molecule has 2 saturated heterocycles. The van der Waals surface area contributed by atoms with Gasteiger partial charge in [0.2, 0.25) is 11.8 Å². The second-order valence-electron chi connectivity index (χ2n) is 7.16. The second-order valence-corrected chi connectivity index (χ2v) is 7.16. The van der Waals surface area contributed by atoms with Crippen LogP contribution < -0.4 is 0 Å².